The van der Waals surface area contributed by atoms with Gasteiger partial charge in [-0.1, -0.05) is 6.07 Å². The van der Waals surface area contributed by atoms with Gasteiger partial charge in [-0.3, -0.25) is 0 Å². The molecule has 0 spiro atoms. The number of hydrogen-bond acceptors (Lipinski definition) is 4. The molecule has 3 rings (SSSR count). The molecule has 1 aromatic heterocycles. The molecule has 2 aromatic carbocycles. The zero-order valence-electron chi connectivity index (χ0n) is 11.9. The van der Waals surface area contributed by atoms with E-state index in [1.807, 2.05) is 0 Å². The molecule has 0 aliphatic rings. The molecular weight excluding hydrogens is 285 g/mol. The standard InChI is InChI=1S/C17H14FNO3/c1-9-13-5-4-12(20)8-16(13)22-17(21)14(9)6-10-2-3-11(19)7-15(10)18/h2-5,7-8,20H,6,19H2,1H3. The van der Waals surface area contributed by atoms with Crippen LogP contribution in [0.15, 0.2) is 45.6 Å². The molecule has 4 nitrogen and oxygen atoms in total. The minimum absolute atomic E-state index is 0.0207. The van der Waals surface area contributed by atoms with Gasteiger partial charge in [-0.2, -0.15) is 0 Å². The molecule has 22 heavy (non-hydrogen) atoms. The van der Waals surface area contributed by atoms with Gasteiger partial charge in [0.1, 0.15) is 17.1 Å². The number of nitrogen functional groups attached to an aromatic ring is 1. The first-order valence-corrected chi connectivity index (χ1v) is 6.75. The number of phenols is 1. The second-order valence-corrected chi connectivity index (χ2v) is 5.20. The molecule has 0 saturated heterocycles. The number of aryl methyl sites for hydroxylation is 1. The first-order valence-electron chi connectivity index (χ1n) is 6.75. The molecule has 112 valence electrons. The minimum Gasteiger partial charge on any atom is -0.508 e. The molecule has 1 heterocycles. The topological polar surface area (TPSA) is 76.5 Å². The number of aromatic hydroxyl groups is 1. The Kier molecular flexibility index (Phi) is 3.33. The predicted molar refractivity (Wildman–Crippen MR) is 82.5 cm³/mol. The van der Waals surface area contributed by atoms with E-state index in [0.717, 1.165) is 0 Å². The van der Waals surface area contributed by atoms with E-state index in [0.29, 0.717) is 33.3 Å². The minimum atomic E-state index is -0.535. The van der Waals surface area contributed by atoms with Gasteiger partial charge < -0.3 is 15.3 Å². The van der Waals surface area contributed by atoms with E-state index < -0.39 is 11.4 Å². The Morgan fingerprint density at radius 3 is 2.73 bits per heavy atom. The molecule has 0 radical (unpaired) electrons. The van der Waals surface area contributed by atoms with E-state index in [1.54, 1.807) is 25.1 Å². The summed E-state index contributed by atoms with van der Waals surface area (Å²) < 4.78 is 19.1. The molecule has 0 amide bonds. The molecule has 0 saturated carbocycles. The summed E-state index contributed by atoms with van der Waals surface area (Å²) in [5.74, 6) is -0.433. The van der Waals surface area contributed by atoms with Crippen molar-refractivity contribution >= 4 is 16.7 Å². The van der Waals surface area contributed by atoms with Crippen LogP contribution in [0.1, 0.15) is 16.7 Å². The third kappa shape index (κ3) is 2.41. The zero-order chi connectivity index (χ0) is 15.9. The number of nitrogens with two attached hydrogens (primary N) is 1. The summed E-state index contributed by atoms with van der Waals surface area (Å²) in [7, 11) is 0. The Morgan fingerprint density at radius 1 is 1.23 bits per heavy atom. The summed E-state index contributed by atoms with van der Waals surface area (Å²) in [6.45, 7) is 1.78. The third-order valence-electron chi connectivity index (χ3n) is 3.72. The van der Waals surface area contributed by atoms with Crippen molar-refractivity contribution in [2.75, 3.05) is 5.73 Å². The summed E-state index contributed by atoms with van der Waals surface area (Å²) in [5, 5.41) is 10.2. The Balaban J connectivity index is 2.15. The molecule has 0 unspecified atom stereocenters. The van der Waals surface area contributed by atoms with Gasteiger partial charge in [-0.25, -0.2) is 9.18 Å². The number of fused-ring (bicyclic) bond motifs is 1. The van der Waals surface area contributed by atoms with Gasteiger partial charge in [0.2, 0.25) is 0 Å². The number of anilines is 1. The van der Waals surface area contributed by atoms with E-state index in [1.165, 1.54) is 18.2 Å². The van der Waals surface area contributed by atoms with Gasteiger partial charge in [0.15, 0.2) is 0 Å². The van der Waals surface area contributed by atoms with Crippen LogP contribution in [0, 0.1) is 12.7 Å². The van der Waals surface area contributed by atoms with Crippen LogP contribution in [-0.2, 0) is 6.42 Å². The van der Waals surface area contributed by atoms with Crippen molar-refractivity contribution in [3.05, 3.63) is 69.3 Å². The lowest BCUT2D eigenvalue weighted by molar-refractivity contribution is 0.472. The van der Waals surface area contributed by atoms with Crippen molar-refractivity contribution in [3.63, 3.8) is 0 Å². The Bertz CT molecular complexity index is 931. The van der Waals surface area contributed by atoms with Gasteiger partial charge in [-0.05, 0) is 42.3 Å². The van der Waals surface area contributed by atoms with Gasteiger partial charge in [0.05, 0.1) is 0 Å². The lowest BCUT2D eigenvalue weighted by Crippen LogP contribution is -2.11. The Hall–Kier alpha value is -2.82. The van der Waals surface area contributed by atoms with Crippen molar-refractivity contribution in [2.45, 2.75) is 13.3 Å². The van der Waals surface area contributed by atoms with E-state index in [-0.39, 0.29) is 12.2 Å². The number of rotatable bonds is 2. The average molecular weight is 299 g/mol. The highest BCUT2D eigenvalue weighted by Gasteiger charge is 2.14. The van der Waals surface area contributed by atoms with Crippen LogP contribution < -0.4 is 11.4 Å². The molecule has 0 fully saturated rings. The summed E-state index contributed by atoms with van der Waals surface area (Å²) in [4.78, 5) is 12.2. The van der Waals surface area contributed by atoms with Crippen molar-refractivity contribution < 1.29 is 13.9 Å². The second-order valence-electron chi connectivity index (χ2n) is 5.20. The average Bonchev–Trinajstić information content (AvgIpc) is 2.45. The highest BCUT2D eigenvalue weighted by molar-refractivity contribution is 5.82. The van der Waals surface area contributed by atoms with Gasteiger partial charge in [-0.15, -0.1) is 0 Å². The van der Waals surface area contributed by atoms with E-state index in [9.17, 15) is 14.3 Å². The van der Waals surface area contributed by atoms with E-state index in [2.05, 4.69) is 0 Å². The lowest BCUT2D eigenvalue weighted by atomic mass is 9.99. The maximum absolute atomic E-state index is 13.9. The third-order valence-corrected chi connectivity index (χ3v) is 3.72. The smallest absolute Gasteiger partial charge is 0.340 e. The Labute approximate surface area is 125 Å². The zero-order valence-corrected chi connectivity index (χ0v) is 11.9. The summed E-state index contributed by atoms with van der Waals surface area (Å²) >= 11 is 0. The summed E-state index contributed by atoms with van der Waals surface area (Å²) in [6.07, 6.45) is 0.122. The number of benzene rings is 2. The fourth-order valence-electron chi connectivity index (χ4n) is 2.48. The number of halogens is 1. The van der Waals surface area contributed by atoms with Crippen LogP contribution in [0.4, 0.5) is 10.1 Å². The van der Waals surface area contributed by atoms with Gasteiger partial charge in [0, 0.05) is 29.1 Å². The normalized spacial score (nSPS) is 11.0. The fourth-order valence-corrected chi connectivity index (χ4v) is 2.48. The predicted octanol–water partition coefficient (Wildman–Crippen LogP) is 3.12. The summed E-state index contributed by atoms with van der Waals surface area (Å²) in [6, 6.07) is 8.95. The molecular formula is C17H14FNO3. The molecule has 5 heteroatoms. The van der Waals surface area contributed by atoms with Crippen LogP contribution in [0.5, 0.6) is 5.75 Å². The first kappa shape index (κ1) is 14.1. The maximum Gasteiger partial charge on any atom is 0.340 e. The van der Waals surface area contributed by atoms with Crippen molar-refractivity contribution in [3.8, 4) is 5.75 Å². The molecule has 0 aliphatic heterocycles. The number of hydrogen-bond donors (Lipinski definition) is 2. The highest BCUT2D eigenvalue weighted by Crippen LogP contribution is 2.25. The maximum atomic E-state index is 13.9. The van der Waals surface area contributed by atoms with Crippen molar-refractivity contribution in [2.24, 2.45) is 0 Å². The second kappa shape index (κ2) is 5.18. The quantitative estimate of drug-likeness (QED) is 0.563. The van der Waals surface area contributed by atoms with E-state index in [4.69, 9.17) is 10.2 Å². The fraction of sp³-hybridized carbons (Fsp3) is 0.118. The van der Waals surface area contributed by atoms with Gasteiger partial charge >= 0.3 is 5.63 Å². The van der Waals surface area contributed by atoms with Crippen LogP contribution in [0.3, 0.4) is 0 Å². The van der Waals surface area contributed by atoms with Crippen molar-refractivity contribution in [1.82, 2.24) is 0 Å². The highest BCUT2D eigenvalue weighted by atomic mass is 19.1. The molecule has 3 aromatic rings. The Morgan fingerprint density at radius 2 is 2.00 bits per heavy atom. The molecule has 3 N–H and O–H groups in total. The van der Waals surface area contributed by atoms with E-state index >= 15 is 0 Å². The van der Waals surface area contributed by atoms with Crippen LogP contribution in [0.25, 0.3) is 11.0 Å². The summed E-state index contributed by atoms with van der Waals surface area (Å²) in [5.41, 5.74) is 7.11. The first-order chi connectivity index (χ1) is 10.5. The largest absolute Gasteiger partial charge is 0.508 e. The molecule has 0 bridgehead atoms. The van der Waals surface area contributed by atoms with Crippen molar-refractivity contribution in [1.29, 1.82) is 0 Å². The molecule has 0 atom stereocenters. The lowest BCUT2D eigenvalue weighted by Gasteiger charge is -2.09. The van der Waals surface area contributed by atoms with Crippen LogP contribution in [-0.4, -0.2) is 5.11 Å². The monoisotopic (exact) mass is 299 g/mol. The SMILES string of the molecule is Cc1c(Cc2ccc(N)cc2F)c(=O)oc2cc(O)ccc12. The number of phenolic OH excluding ortho intramolecular Hbond substituents is 1. The van der Waals surface area contributed by atoms with Crippen LogP contribution in [0.2, 0.25) is 0 Å². The van der Waals surface area contributed by atoms with Gasteiger partial charge in [0.25, 0.3) is 0 Å². The molecule has 0 aliphatic carbocycles. The van der Waals surface area contributed by atoms with Crippen LogP contribution >= 0.6 is 0 Å².